The van der Waals surface area contributed by atoms with E-state index in [9.17, 15) is 0 Å². The third kappa shape index (κ3) is 4.76. The van der Waals surface area contributed by atoms with E-state index in [1.54, 1.807) is 13.0 Å². The fraction of sp³-hybridized carbons (Fsp3) is 0.216. The molecule has 6 rings (SSSR count). The molecule has 0 radical (unpaired) electrons. The van der Waals surface area contributed by atoms with Crippen molar-refractivity contribution >= 4 is 35.2 Å². The van der Waals surface area contributed by atoms with Crippen molar-refractivity contribution in [2.75, 3.05) is 0 Å². The summed E-state index contributed by atoms with van der Waals surface area (Å²) >= 11 is 0. The summed E-state index contributed by atoms with van der Waals surface area (Å²) in [6.07, 6.45) is 1.04. The molecule has 0 bridgehead atoms. The van der Waals surface area contributed by atoms with Crippen LogP contribution in [0.15, 0.2) is 89.5 Å². The lowest BCUT2D eigenvalue weighted by atomic mass is 9.97. The monoisotopic (exact) mass is 583 g/mol. The predicted molar refractivity (Wildman–Crippen MR) is 173 cm³/mol. The Kier molecular flexibility index (Phi) is 5.09. The first-order valence-corrected chi connectivity index (χ1v) is 17.3. The van der Waals surface area contributed by atoms with Crippen molar-refractivity contribution in [3.63, 3.8) is 0 Å². The van der Waals surface area contributed by atoms with E-state index in [-0.39, 0.29) is 11.3 Å². The summed E-state index contributed by atoms with van der Waals surface area (Å²) in [6, 6.07) is 23.9. The predicted octanol–water partition coefficient (Wildman–Crippen LogP) is 9.67. The topological polar surface area (TPSA) is 17.0 Å². The lowest BCUT2D eigenvalue weighted by Gasteiger charge is -2.16. The van der Waals surface area contributed by atoms with E-state index >= 15 is 8.78 Å². The standard InChI is InChI=1S/C37H36F2NOSi/c1-22(2)30-21-40(4)33(20-32(30)39)34-23(3)8-17-28-29-18-19-31(38)35(37(29)41-36(28)34)26-11-9-24(10-12-26)25-13-15-27(16-14-25)42(5,6)7/h8-22H,1-7H3/q+1/i1D3,2D3,22D. The molecule has 0 amide bonds. The van der Waals surface area contributed by atoms with E-state index < -0.39 is 44.9 Å². The number of pyridine rings is 1. The highest BCUT2D eigenvalue weighted by atomic mass is 28.3. The zero-order chi connectivity index (χ0) is 35.8. The van der Waals surface area contributed by atoms with Gasteiger partial charge in [0.15, 0.2) is 6.20 Å². The maximum atomic E-state index is 15.9. The van der Waals surface area contributed by atoms with Crippen LogP contribution in [0.1, 0.15) is 40.3 Å². The molecule has 0 atom stereocenters. The highest BCUT2D eigenvalue weighted by molar-refractivity contribution is 6.88. The average Bonchev–Trinajstić information content (AvgIpc) is 3.38. The molecule has 0 unspecified atom stereocenters. The molecule has 5 heteroatoms. The van der Waals surface area contributed by atoms with Crippen molar-refractivity contribution < 1.29 is 27.4 Å². The minimum atomic E-state index is -3.35. The van der Waals surface area contributed by atoms with Crippen LogP contribution in [0.5, 0.6) is 0 Å². The largest absolute Gasteiger partial charge is 0.454 e. The number of aromatic nitrogens is 1. The summed E-state index contributed by atoms with van der Waals surface area (Å²) in [5.74, 6) is -4.83. The maximum Gasteiger partial charge on any atom is 0.219 e. The smallest absolute Gasteiger partial charge is 0.219 e. The fourth-order valence-electron chi connectivity index (χ4n) is 5.61. The van der Waals surface area contributed by atoms with Crippen LogP contribution in [-0.4, -0.2) is 8.07 Å². The normalized spacial score (nSPS) is 15.5. The first-order chi connectivity index (χ1) is 22.7. The molecule has 2 heterocycles. The summed E-state index contributed by atoms with van der Waals surface area (Å²) in [7, 11) is 0.0807. The Morgan fingerprint density at radius 2 is 1.33 bits per heavy atom. The van der Waals surface area contributed by atoms with Gasteiger partial charge in [-0.05, 0) is 47.2 Å². The lowest BCUT2D eigenvalue weighted by molar-refractivity contribution is -0.661. The van der Waals surface area contributed by atoms with Gasteiger partial charge in [-0.25, -0.2) is 13.3 Å². The minimum Gasteiger partial charge on any atom is -0.454 e. The third-order valence-corrected chi connectivity index (χ3v) is 10.0. The number of rotatable bonds is 5. The number of hydrogen-bond donors (Lipinski definition) is 0. The molecule has 0 saturated heterocycles. The Bertz CT molecular complexity index is 2220. The van der Waals surface area contributed by atoms with Crippen molar-refractivity contribution in [1.29, 1.82) is 0 Å². The van der Waals surface area contributed by atoms with Crippen LogP contribution in [0.2, 0.25) is 19.6 Å². The van der Waals surface area contributed by atoms with Crippen molar-refractivity contribution in [3.8, 4) is 33.5 Å². The molecule has 212 valence electrons. The van der Waals surface area contributed by atoms with Gasteiger partial charge in [-0.1, -0.05) is 99.2 Å². The third-order valence-electron chi connectivity index (χ3n) is 7.97. The van der Waals surface area contributed by atoms with Crippen LogP contribution < -0.4 is 9.75 Å². The maximum absolute atomic E-state index is 15.9. The second-order valence-electron chi connectivity index (χ2n) is 11.8. The highest BCUT2D eigenvalue weighted by Gasteiger charge is 2.25. The highest BCUT2D eigenvalue weighted by Crippen LogP contribution is 2.42. The molecule has 2 nitrogen and oxygen atoms in total. The Hall–Kier alpha value is -4.09. The van der Waals surface area contributed by atoms with Crippen molar-refractivity contribution in [1.82, 2.24) is 0 Å². The second-order valence-corrected chi connectivity index (χ2v) is 16.9. The molecule has 0 aliphatic rings. The summed E-state index contributed by atoms with van der Waals surface area (Å²) in [5.41, 5.74) is 4.24. The molecular weight excluding hydrogens is 540 g/mol. The summed E-state index contributed by atoms with van der Waals surface area (Å²) in [4.78, 5) is 0. The van der Waals surface area contributed by atoms with Gasteiger partial charge < -0.3 is 4.42 Å². The van der Waals surface area contributed by atoms with Gasteiger partial charge in [0.25, 0.3) is 0 Å². The number of furan rings is 1. The van der Waals surface area contributed by atoms with Gasteiger partial charge in [0.05, 0.1) is 24.8 Å². The van der Waals surface area contributed by atoms with Crippen molar-refractivity contribution in [2.45, 2.75) is 46.2 Å². The van der Waals surface area contributed by atoms with Gasteiger partial charge >= 0.3 is 0 Å². The van der Waals surface area contributed by atoms with Crippen LogP contribution in [0.4, 0.5) is 8.78 Å². The van der Waals surface area contributed by atoms with E-state index in [1.165, 1.54) is 22.9 Å². The summed E-state index contributed by atoms with van der Waals surface area (Å²) < 4.78 is 94.8. The Balaban J connectivity index is 1.49. The average molecular weight is 584 g/mol. The van der Waals surface area contributed by atoms with E-state index in [1.807, 2.05) is 36.4 Å². The zero-order valence-electron chi connectivity index (χ0n) is 31.2. The molecule has 2 aromatic heterocycles. The van der Waals surface area contributed by atoms with Crippen LogP contribution >= 0.6 is 0 Å². The molecule has 0 aliphatic heterocycles. The first kappa shape index (κ1) is 20.7. The molecule has 0 aliphatic carbocycles. The first-order valence-electron chi connectivity index (χ1n) is 17.3. The van der Waals surface area contributed by atoms with Gasteiger partial charge in [0.1, 0.15) is 29.8 Å². The van der Waals surface area contributed by atoms with Crippen LogP contribution in [0, 0.1) is 18.6 Å². The minimum absolute atomic E-state index is 0.258. The molecule has 42 heavy (non-hydrogen) atoms. The Labute approximate surface area is 257 Å². The fourth-order valence-corrected chi connectivity index (χ4v) is 6.78. The van der Waals surface area contributed by atoms with Gasteiger partial charge in [-0.15, -0.1) is 0 Å². The summed E-state index contributed by atoms with van der Waals surface area (Å²) in [6.45, 7) is 2.01. The molecule has 4 aromatic carbocycles. The second kappa shape index (κ2) is 10.3. The zero-order valence-corrected chi connectivity index (χ0v) is 25.2. The van der Waals surface area contributed by atoms with Crippen LogP contribution in [0.25, 0.3) is 55.4 Å². The molecule has 0 N–H and O–H groups in total. The quantitative estimate of drug-likeness (QED) is 0.146. The Morgan fingerprint density at radius 1 is 0.762 bits per heavy atom. The van der Waals surface area contributed by atoms with Gasteiger partial charge in [0, 0.05) is 26.4 Å². The van der Waals surface area contributed by atoms with Gasteiger partial charge in [0.2, 0.25) is 5.69 Å². The van der Waals surface area contributed by atoms with Gasteiger partial charge in [-0.3, -0.25) is 0 Å². The number of halogens is 2. The number of nitrogens with zero attached hydrogens (tertiary/aromatic N) is 1. The number of fused-ring (bicyclic) bond motifs is 3. The number of benzene rings is 4. The lowest BCUT2D eigenvalue weighted by Crippen LogP contribution is -2.37. The molecular formula is C37H36F2NOSi+. The Morgan fingerprint density at radius 3 is 1.95 bits per heavy atom. The molecule has 6 aromatic rings. The SMILES string of the molecule is [2H]C([2H])([2H])C([2H])(c1c[n+](C)c(-c2c(C)ccc3c2oc2c(-c4ccc(-c5ccc([Si](C)(C)C)cc5)cc4)c(F)ccc23)cc1F)C([2H])([2H])[2H]. The van der Waals surface area contributed by atoms with Crippen molar-refractivity contribution in [2.24, 2.45) is 7.05 Å². The van der Waals surface area contributed by atoms with Crippen LogP contribution in [0.3, 0.4) is 0 Å². The number of hydrogen-bond acceptors (Lipinski definition) is 1. The summed E-state index contributed by atoms with van der Waals surface area (Å²) in [5, 5.41) is 2.66. The van der Waals surface area contributed by atoms with Crippen LogP contribution in [-0.2, 0) is 7.05 Å². The molecule has 0 fully saturated rings. The van der Waals surface area contributed by atoms with E-state index in [0.717, 1.165) is 23.4 Å². The van der Waals surface area contributed by atoms with Crippen molar-refractivity contribution in [3.05, 3.63) is 108 Å². The van der Waals surface area contributed by atoms with E-state index in [0.29, 0.717) is 38.6 Å². The van der Waals surface area contributed by atoms with Gasteiger partial charge in [-0.2, -0.15) is 0 Å². The van der Waals surface area contributed by atoms with E-state index in [4.69, 9.17) is 14.0 Å². The molecule has 0 saturated carbocycles. The molecule has 0 spiro atoms. The van der Waals surface area contributed by atoms with E-state index in [2.05, 4.69) is 43.9 Å². The number of aryl methyl sites for hydroxylation is 2.